The van der Waals surface area contributed by atoms with Crippen molar-refractivity contribution in [2.45, 2.75) is 64.4 Å². The summed E-state index contributed by atoms with van der Waals surface area (Å²) in [4.78, 5) is 18.8. The molecule has 2 aliphatic heterocycles. The number of nitrogens with zero attached hydrogens (tertiary/aromatic N) is 3. The molecule has 0 aromatic carbocycles. The standard InChI is InChI=1S/C24H33N3O4/c1-18-22(19(2)31-26-18)3-4-23(28)27-13-9-24(10-14-27)17-20(8-16-30-24)7-15-29-21-5-11-25-12-6-21/h5-6,11-12,20H,3-4,7-10,13-17H2,1-2H3. The van der Waals surface area contributed by atoms with Gasteiger partial charge in [0, 0.05) is 44.1 Å². The summed E-state index contributed by atoms with van der Waals surface area (Å²) in [7, 11) is 0. The third-order valence-electron chi connectivity index (χ3n) is 6.84. The Morgan fingerprint density at radius 2 is 2.03 bits per heavy atom. The average Bonchev–Trinajstić information content (AvgIpc) is 3.11. The van der Waals surface area contributed by atoms with Gasteiger partial charge in [-0.05, 0) is 70.4 Å². The van der Waals surface area contributed by atoms with Gasteiger partial charge in [0.25, 0.3) is 0 Å². The molecule has 1 unspecified atom stereocenters. The summed E-state index contributed by atoms with van der Waals surface area (Å²) in [6.07, 6.45) is 9.73. The van der Waals surface area contributed by atoms with Gasteiger partial charge in [-0.1, -0.05) is 5.16 Å². The van der Waals surface area contributed by atoms with Crippen LogP contribution in [0.15, 0.2) is 29.0 Å². The molecule has 2 saturated heterocycles. The molecular weight excluding hydrogens is 394 g/mol. The van der Waals surface area contributed by atoms with Gasteiger partial charge in [0.05, 0.1) is 17.9 Å². The summed E-state index contributed by atoms with van der Waals surface area (Å²) in [5.74, 6) is 2.52. The molecule has 2 aliphatic rings. The molecule has 0 N–H and O–H groups in total. The molecule has 2 aromatic rings. The van der Waals surface area contributed by atoms with Gasteiger partial charge in [0.2, 0.25) is 5.91 Å². The molecule has 7 heteroatoms. The third kappa shape index (κ3) is 5.45. The fraction of sp³-hybridized carbons (Fsp3) is 0.625. The first-order valence-corrected chi connectivity index (χ1v) is 11.4. The molecule has 2 aromatic heterocycles. The van der Waals surface area contributed by atoms with Crippen LogP contribution in [0.2, 0.25) is 0 Å². The van der Waals surface area contributed by atoms with E-state index in [0.717, 1.165) is 81.2 Å². The highest BCUT2D eigenvalue weighted by Crippen LogP contribution is 2.39. The van der Waals surface area contributed by atoms with Crippen LogP contribution in [0, 0.1) is 19.8 Å². The molecule has 4 rings (SSSR count). The van der Waals surface area contributed by atoms with Crippen LogP contribution < -0.4 is 4.74 Å². The van der Waals surface area contributed by atoms with Crippen LogP contribution in [0.1, 0.15) is 55.5 Å². The van der Waals surface area contributed by atoms with Crippen LogP contribution in [0.5, 0.6) is 5.75 Å². The minimum Gasteiger partial charge on any atom is -0.493 e. The fourth-order valence-corrected chi connectivity index (χ4v) is 4.91. The van der Waals surface area contributed by atoms with Crippen molar-refractivity contribution in [2.75, 3.05) is 26.3 Å². The van der Waals surface area contributed by atoms with Crippen molar-refractivity contribution < 1.29 is 18.8 Å². The zero-order chi connectivity index (χ0) is 21.7. The predicted molar refractivity (Wildman–Crippen MR) is 116 cm³/mol. The zero-order valence-corrected chi connectivity index (χ0v) is 18.6. The zero-order valence-electron chi connectivity index (χ0n) is 18.6. The molecule has 4 heterocycles. The Morgan fingerprint density at radius 3 is 2.74 bits per heavy atom. The van der Waals surface area contributed by atoms with E-state index < -0.39 is 0 Å². The summed E-state index contributed by atoms with van der Waals surface area (Å²) in [5, 5.41) is 3.98. The van der Waals surface area contributed by atoms with Gasteiger partial charge in [0.15, 0.2) is 0 Å². The van der Waals surface area contributed by atoms with Crippen molar-refractivity contribution in [3.8, 4) is 5.75 Å². The number of hydrogen-bond acceptors (Lipinski definition) is 6. The molecule has 1 spiro atoms. The molecule has 0 radical (unpaired) electrons. The highest BCUT2D eigenvalue weighted by atomic mass is 16.5. The summed E-state index contributed by atoms with van der Waals surface area (Å²) >= 11 is 0. The lowest BCUT2D eigenvalue weighted by atomic mass is 9.78. The Hall–Kier alpha value is -2.41. The highest BCUT2D eigenvalue weighted by Gasteiger charge is 2.40. The smallest absolute Gasteiger partial charge is 0.222 e. The maximum Gasteiger partial charge on any atom is 0.222 e. The van der Waals surface area contributed by atoms with E-state index >= 15 is 0 Å². The summed E-state index contributed by atoms with van der Waals surface area (Å²) in [6.45, 7) is 6.92. The van der Waals surface area contributed by atoms with Crippen molar-refractivity contribution in [1.29, 1.82) is 0 Å². The second-order valence-electron chi connectivity index (χ2n) is 8.89. The SMILES string of the molecule is Cc1noc(C)c1CCC(=O)N1CCC2(CC1)CC(CCOc1ccncc1)CCO2. The van der Waals surface area contributed by atoms with Gasteiger partial charge < -0.3 is 18.9 Å². The van der Waals surface area contributed by atoms with E-state index in [0.29, 0.717) is 18.8 Å². The van der Waals surface area contributed by atoms with Crippen molar-refractivity contribution >= 4 is 5.91 Å². The van der Waals surface area contributed by atoms with Crippen molar-refractivity contribution in [3.05, 3.63) is 41.5 Å². The fourth-order valence-electron chi connectivity index (χ4n) is 4.91. The number of piperidine rings is 1. The Morgan fingerprint density at radius 1 is 1.26 bits per heavy atom. The maximum atomic E-state index is 12.7. The molecule has 2 fully saturated rings. The molecule has 1 amide bonds. The second kappa shape index (κ2) is 9.81. The number of likely N-dealkylation sites (tertiary alicyclic amines) is 1. The Kier molecular flexibility index (Phi) is 6.90. The number of amides is 1. The number of ether oxygens (including phenoxy) is 2. The van der Waals surface area contributed by atoms with Crippen LogP contribution >= 0.6 is 0 Å². The Bertz CT molecular complexity index is 839. The average molecular weight is 428 g/mol. The molecule has 31 heavy (non-hydrogen) atoms. The third-order valence-corrected chi connectivity index (χ3v) is 6.84. The lowest BCUT2D eigenvalue weighted by molar-refractivity contribution is -0.147. The number of aryl methyl sites for hydroxylation is 2. The van der Waals surface area contributed by atoms with Crippen LogP contribution in [-0.2, 0) is 16.0 Å². The monoisotopic (exact) mass is 427 g/mol. The molecule has 0 aliphatic carbocycles. The maximum absolute atomic E-state index is 12.7. The summed E-state index contributed by atoms with van der Waals surface area (Å²) < 4.78 is 17.3. The van der Waals surface area contributed by atoms with Crippen molar-refractivity contribution in [1.82, 2.24) is 15.0 Å². The topological polar surface area (TPSA) is 77.7 Å². The number of pyridine rings is 1. The first-order chi connectivity index (χ1) is 15.0. The van der Waals surface area contributed by atoms with Gasteiger partial charge >= 0.3 is 0 Å². The van der Waals surface area contributed by atoms with Gasteiger partial charge in [-0.2, -0.15) is 0 Å². The van der Waals surface area contributed by atoms with Crippen LogP contribution in [0.4, 0.5) is 0 Å². The molecule has 168 valence electrons. The first-order valence-electron chi connectivity index (χ1n) is 11.4. The first kappa shape index (κ1) is 21.8. The van der Waals surface area contributed by atoms with Crippen LogP contribution in [0.3, 0.4) is 0 Å². The second-order valence-corrected chi connectivity index (χ2v) is 8.89. The lowest BCUT2D eigenvalue weighted by Gasteiger charge is -2.46. The molecule has 0 saturated carbocycles. The number of rotatable bonds is 7. The van der Waals surface area contributed by atoms with E-state index in [4.69, 9.17) is 14.0 Å². The molecule has 0 bridgehead atoms. The van der Waals surface area contributed by atoms with E-state index in [1.54, 1.807) is 12.4 Å². The van der Waals surface area contributed by atoms with Crippen LogP contribution in [-0.4, -0.2) is 52.9 Å². The Labute approximate surface area is 184 Å². The van der Waals surface area contributed by atoms with E-state index in [2.05, 4.69) is 10.1 Å². The quantitative estimate of drug-likeness (QED) is 0.667. The number of carbonyl (C=O) groups excluding carboxylic acids is 1. The van der Waals surface area contributed by atoms with Crippen molar-refractivity contribution in [3.63, 3.8) is 0 Å². The molecule has 1 atom stereocenters. The number of hydrogen-bond donors (Lipinski definition) is 0. The summed E-state index contributed by atoms with van der Waals surface area (Å²) in [5.41, 5.74) is 1.88. The van der Waals surface area contributed by atoms with Gasteiger partial charge in [0.1, 0.15) is 11.5 Å². The largest absolute Gasteiger partial charge is 0.493 e. The van der Waals surface area contributed by atoms with Gasteiger partial charge in [-0.3, -0.25) is 9.78 Å². The summed E-state index contributed by atoms with van der Waals surface area (Å²) in [6, 6.07) is 3.79. The highest BCUT2D eigenvalue weighted by molar-refractivity contribution is 5.76. The van der Waals surface area contributed by atoms with E-state index in [1.165, 1.54) is 0 Å². The van der Waals surface area contributed by atoms with E-state index in [1.807, 2.05) is 30.9 Å². The predicted octanol–water partition coefficient (Wildman–Crippen LogP) is 3.88. The minimum absolute atomic E-state index is 0.0714. The Balaban J connectivity index is 1.22. The molecular formula is C24H33N3O4. The van der Waals surface area contributed by atoms with Crippen LogP contribution in [0.25, 0.3) is 0 Å². The minimum atomic E-state index is -0.0714. The lowest BCUT2D eigenvalue weighted by Crippen LogP contribution is -2.51. The van der Waals surface area contributed by atoms with Crippen molar-refractivity contribution in [2.24, 2.45) is 5.92 Å². The van der Waals surface area contributed by atoms with E-state index in [-0.39, 0.29) is 11.5 Å². The van der Waals surface area contributed by atoms with Gasteiger partial charge in [-0.15, -0.1) is 0 Å². The van der Waals surface area contributed by atoms with E-state index in [9.17, 15) is 4.79 Å². The van der Waals surface area contributed by atoms with Gasteiger partial charge in [-0.25, -0.2) is 0 Å². The number of aromatic nitrogens is 2. The normalized spacial score (nSPS) is 20.7. The number of carbonyl (C=O) groups is 1. The molecule has 7 nitrogen and oxygen atoms in total.